The highest BCUT2D eigenvalue weighted by Gasteiger charge is 2.29. The maximum atomic E-state index is 12.8. The lowest BCUT2D eigenvalue weighted by Crippen LogP contribution is -2.50. The van der Waals surface area contributed by atoms with Crippen molar-refractivity contribution in [1.82, 2.24) is 19.9 Å². The summed E-state index contributed by atoms with van der Waals surface area (Å²) >= 11 is 0. The Balaban J connectivity index is 1.51. The molecule has 2 aliphatic rings. The lowest BCUT2D eigenvalue weighted by Gasteiger charge is -2.37. The van der Waals surface area contributed by atoms with Crippen molar-refractivity contribution in [3.05, 3.63) is 35.3 Å². The normalized spacial score (nSPS) is 20.7. The number of ether oxygens (including phenoxy) is 1. The predicted octanol–water partition coefficient (Wildman–Crippen LogP) is 2.99. The van der Waals surface area contributed by atoms with Crippen LogP contribution in [0.3, 0.4) is 0 Å². The molecule has 0 spiro atoms. The van der Waals surface area contributed by atoms with E-state index in [4.69, 9.17) is 14.2 Å². The molecule has 0 aromatic carbocycles. The van der Waals surface area contributed by atoms with Crippen LogP contribution in [0.15, 0.2) is 22.7 Å². The van der Waals surface area contributed by atoms with Gasteiger partial charge in [-0.1, -0.05) is 11.2 Å². The summed E-state index contributed by atoms with van der Waals surface area (Å²) in [6.45, 7) is 7.99. The molecule has 4 rings (SSSR count). The van der Waals surface area contributed by atoms with Crippen molar-refractivity contribution < 1.29 is 14.1 Å². The number of hydrogen-bond acceptors (Lipinski definition) is 5. The molecule has 0 saturated carbocycles. The summed E-state index contributed by atoms with van der Waals surface area (Å²) in [7, 11) is 0. The molecular weight excluding hydrogens is 344 g/mol. The third-order valence-electron chi connectivity index (χ3n) is 5.45. The minimum Gasteiger partial charge on any atom is -0.378 e. The Hall–Kier alpha value is -2.41. The van der Waals surface area contributed by atoms with Crippen molar-refractivity contribution in [2.75, 3.05) is 39.4 Å². The first-order valence-corrected chi connectivity index (χ1v) is 9.65. The van der Waals surface area contributed by atoms with Gasteiger partial charge in [-0.15, -0.1) is 0 Å². The SMILES string of the molecule is Cc1noc(C)c1-c1cccc(C2CCCN(C(=O)N3CCOCC3)C2)n1. The van der Waals surface area contributed by atoms with Crippen LogP contribution in [0, 0.1) is 13.8 Å². The van der Waals surface area contributed by atoms with Gasteiger partial charge in [0.2, 0.25) is 0 Å². The zero-order chi connectivity index (χ0) is 18.8. The van der Waals surface area contributed by atoms with Gasteiger partial charge < -0.3 is 19.1 Å². The van der Waals surface area contributed by atoms with Crippen molar-refractivity contribution >= 4 is 6.03 Å². The van der Waals surface area contributed by atoms with Gasteiger partial charge in [0.15, 0.2) is 0 Å². The van der Waals surface area contributed by atoms with Gasteiger partial charge in [-0.25, -0.2) is 4.79 Å². The van der Waals surface area contributed by atoms with Crippen LogP contribution in [0.5, 0.6) is 0 Å². The minimum absolute atomic E-state index is 0.130. The summed E-state index contributed by atoms with van der Waals surface area (Å²) in [5.41, 5.74) is 3.74. The third-order valence-corrected chi connectivity index (χ3v) is 5.45. The van der Waals surface area contributed by atoms with E-state index in [-0.39, 0.29) is 11.9 Å². The second kappa shape index (κ2) is 7.68. The highest BCUT2D eigenvalue weighted by Crippen LogP contribution is 2.30. The first-order valence-electron chi connectivity index (χ1n) is 9.65. The Labute approximate surface area is 159 Å². The number of carbonyl (C=O) groups excluding carboxylic acids is 1. The topological polar surface area (TPSA) is 71.7 Å². The number of piperidine rings is 1. The second-order valence-corrected chi connectivity index (χ2v) is 7.31. The number of morpholine rings is 1. The third kappa shape index (κ3) is 3.69. The van der Waals surface area contributed by atoms with E-state index in [0.717, 1.165) is 47.8 Å². The van der Waals surface area contributed by atoms with Gasteiger partial charge in [-0.2, -0.15) is 0 Å². The quantitative estimate of drug-likeness (QED) is 0.813. The largest absolute Gasteiger partial charge is 0.378 e. The van der Waals surface area contributed by atoms with Crippen molar-refractivity contribution in [3.63, 3.8) is 0 Å². The molecule has 4 heterocycles. The molecule has 2 aliphatic heterocycles. The Morgan fingerprint density at radius 3 is 2.70 bits per heavy atom. The molecule has 2 saturated heterocycles. The Morgan fingerprint density at radius 2 is 1.96 bits per heavy atom. The van der Waals surface area contributed by atoms with E-state index in [1.165, 1.54) is 0 Å². The van der Waals surface area contributed by atoms with Crippen LogP contribution < -0.4 is 0 Å². The van der Waals surface area contributed by atoms with Gasteiger partial charge >= 0.3 is 6.03 Å². The van der Waals surface area contributed by atoms with Crippen molar-refractivity contribution in [2.24, 2.45) is 0 Å². The molecule has 7 heteroatoms. The zero-order valence-electron chi connectivity index (χ0n) is 16.0. The lowest BCUT2D eigenvalue weighted by atomic mass is 9.94. The maximum absolute atomic E-state index is 12.8. The molecular formula is C20H26N4O3. The number of carbonyl (C=O) groups is 1. The van der Waals surface area contributed by atoms with E-state index in [1.54, 1.807) is 0 Å². The molecule has 1 atom stereocenters. The van der Waals surface area contributed by atoms with Crippen molar-refractivity contribution in [1.29, 1.82) is 0 Å². The lowest BCUT2D eigenvalue weighted by molar-refractivity contribution is 0.0408. The first-order chi connectivity index (χ1) is 13.1. The maximum Gasteiger partial charge on any atom is 0.320 e. The van der Waals surface area contributed by atoms with Crippen LogP contribution in [-0.2, 0) is 4.74 Å². The fourth-order valence-corrected chi connectivity index (χ4v) is 4.01. The van der Waals surface area contributed by atoms with E-state index < -0.39 is 0 Å². The first kappa shape index (κ1) is 18.0. The van der Waals surface area contributed by atoms with E-state index >= 15 is 0 Å². The number of aryl methyl sites for hydroxylation is 2. The van der Waals surface area contributed by atoms with Gasteiger partial charge in [-0.05, 0) is 38.8 Å². The molecule has 2 amide bonds. The predicted molar refractivity (Wildman–Crippen MR) is 101 cm³/mol. The summed E-state index contributed by atoms with van der Waals surface area (Å²) in [6.07, 6.45) is 2.04. The minimum atomic E-state index is 0.130. The molecule has 0 N–H and O–H groups in total. The number of hydrogen-bond donors (Lipinski definition) is 0. The van der Waals surface area contributed by atoms with Crippen molar-refractivity contribution in [3.8, 4) is 11.3 Å². The number of rotatable bonds is 2. The molecule has 2 aromatic rings. The summed E-state index contributed by atoms with van der Waals surface area (Å²) in [5, 5.41) is 4.04. The average molecular weight is 370 g/mol. The van der Waals surface area contributed by atoms with Crippen molar-refractivity contribution in [2.45, 2.75) is 32.6 Å². The van der Waals surface area contributed by atoms with Gasteiger partial charge in [0.1, 0.15) is 5.76 Å². The van der Waals surface area contributed by atoms with Crippen LogP contribution in [0.25, 0.3) is 11.3 Å². The molecule has 27 heavy (non-hydrogen) atoms. The fourth-order valence-electron chi connectivity index (χ4n) is 4.01. The molecule has 2 fully saturated rings. The summed E-state index contributed by atoms with van der Waals surface area (Å²) in [5.74, 6) is 1.04. The van der Waals surface area contributed by atoms with Gasteiger partial charge in [-0.3, -0.25) is 4.98 Å². The average Bonchev–Trinajstić information content (AvgIpc) is 3.06. The van der Waals surface area contributed by atoms with Gasteiger partial charge in [0.05, 0.1) is 30.2 Å². The fraction of sp³-hybridized carbons (Fsp3) is 0.550. The molecule has 0 bridgehead atoms. The highest BCUT2D eigenvalue weighted by atomic mass is 16.5. The van der Waals surface area contributed by atoms with E-state index in [0.29, 0.717) is 32.8 Å². The molecule has 0 radical (unpaired) electrons. The van der Waals surface area contributed by atoms with E-state index in [9.17, 15) is 4.79 Å². The zero-order valence-corrected chi connectivity index (χ0v) is 16.0. The molecule has 0 aliphatic carbocycles. The van der Waals surface area contributed by atoms with Crippen LogP contribution in [0.4, 0.5) is 4.79 Å². The van der Waals surface area contributed by atoms with Gasteiger partial charge in [0, 0.05) is 37.8 Å². The number of likely N-dealkylation sites (tertiary alicyclic amines) is 1. The molecule has 144 valence electrons. The second-order valence-electron chi connectivity index (χ2n) is 7.31. The highest BCUT2D eigenvalue weighted by molar-refractivity contribution is 5.74. The Bertz CT molecular complexity index is 794. The monoisotopic (exact) mass is 370 g/mol. The number of pyridine rings is 1. The molecule has 2 aromatic heterocycles. The number of urea groups is 1. The van der Waals surface area contributed by atoms with Crippen LogP contribution in [0.1, 0.15) is 35.9 Å². The Kier molecular flexibility index (Phi) is 5.11. The number of amides is 2. The summed E-state index contributed by atoms with van der Waals surface area (Å²) < 4.78 is 10.7. The number of aromatic nitrogens is 2. The standard InChI is InChI=1S/C20H26N4O3/c1-14-19(15(2)27-22-14)18-7-3-6-17(21-18)16-5-4-8-24(13-16)20(25)23-9-11-26-12-10-23/h3,6-7,16H,4-5,8-13H2,1-2H3. The number of nitrogens with zero attached hydrogens (tertiary/aromatic N) is 4. The van der Waals surface area contributed by atoms with Crippen LogP contribution in [-0.4, -0.2) is 65.4 Å². The van der Waals surface area contributed by atoms with Crippen LogP contribution in [0.2, 0.25) is 0 Å². The summed E-state index contributed by atoms with van der Waals surface area (Å²) in [4.78, 5) is 21.6. The Morgan fingerprint density at radius 1 is 1.15 bits per heavy atom. The van der Waals surface area contributed by atoms with Gasteiger partial charge in [0.25, 0.3) is 0 Å². The summed E-state index contributed by atoms with van der Waals surface area (Å²) in [6, 6.07) is 6.22. The van der Waals surface area contributed by atoms with E-state index in [2.05, 4.69) is 11.2 Å². The smallest absolute Gasteiger partial charge is 0.320 e. The molecule has 1 unspecified atom stereocenters. The van der Waals surface area contributed by atoms with E-state index in [1.807, 2.05) is 35.8 Å². The van der Waals surface area contributed by atoms with Crippen LogP contribution >= 0.6 is 0 Å². The molecule has 7 nitrogen and oxygen atoms in total.